The van der Waals surface area contributed by atoms with Gasteiger partial charge in [0, 0.05) is 42.7 Å². The molecule has 17 atom stereocenters. The Labute approximate surface area is 771 Å². The Bertz CT molecular complexity index is 4490. The summed E-state index contributed by atoms with van der Waals surface area (Å²) in [5, 5.41) is 129. The lowest BCUT2D eigenvalue weighted by Crippen LogP contribution is -2.62. The molecular formula is C79H118N22O30S2. The van der Waals surface area contributed by atoms with Crippen LogP contribution in [0.25, 0.3) is 0 Å². The van der Waals surface area contributed by atoms with Crippen molar-refractivity contribution in [2.24, 2.45) is 29.2 Å². The summed E-state index contributed by atoms with van der Waals surface area (Å²) in [4.78, 5) is 287. The number of hydrogen-bond acceptors (Lipinski definition) is 32. The Hall–Kier alpha value is -13.3. The maximum Gasteiger partial charge on any atom is 0.328 e. The molecule has 0 bridgehead atoms. The number of aliphatic hydroxyl groups is 6. The molecule has 2 aromatic carbocycles. The van der Waals surface area contributed by atoms with Crippen LogP contribution in [0.15, 0.2) is 67.1 Å². The molecule has 0 fully saturated rings. The molecule has 1 heterocycles. The largest absolute Gasteiger partial charge is 0.508 e. The van der Waals surface area contributed by atoms with Crippen molar-refractivity contribution in [1.82, 2.24) is 106 Å². The van der Waals surface area contributed by atoms with Crippen molar-refractivity contribution in [2.45, 2.75) is 183 Å². The van der Waals surface area contributed by atoms with E-state index < -0.39 is 317 Å². The second kappa shape index (κ2) is 58.5. The standard InChI is InChI=1S/C79H118N22O30S2/c1-7-38(6)63(101-71(122)46(18-39-11-9-8-10-12-39)91-73(124)52(30-105)96-68(119)45(19-40-13-15-42(108)16-14-40)94-77(128)62(37(4)5)100-76(127)56(34-133)99-64(115)43(80)27-102)78(129)95-49(22-61(113)114)66(117)84-24-58(110)87-50(28-103)67(118)85-26-60(112)89-55(33-132)75(126)93-48(21-57(81)109)70(121)98-53(31-106)74(125)92-47(20-41-23-82-35-86-41)69(120)97-51(29-104)72(123)90-44(17-36(2)3)65(116)83-25-59(111)88-54(32-107)79(130)131/h8-16,23,35-38,43-56,62-63,102-108,132-133H,7,17-22,24-34,80H2,1-6H3,(H2,81,109)(H,82,86)(H,83,116)(H,84,117)(H,85,118)(H,87,110)(H,88,111)(H,89,112)(H,90,123)(H,91,124)(H,92,125)(H,93,126)(H,94,128)(H,95,129)(H,96,119)(H,97,120)(H,98,121)(H,99,115)(H,100,127)(H,101,122)(H,113,114)(H,130,131)/t38-,43-,44-,45-,46-,47-,48-,49-,50-,51-,52-,53-,54-,55-,56-,62-,63-/m0/s1. The average molecular weight is 1920 g/mol. The fourth-order valence-electron chi connectivity index (χ4n) is 12.0. The van der Waals surface area contributed by atoms with Crippen molar-refractivity contribution in [3.05, 3.63) is 83.9 Å². The predicted molar refractivity (Wildman–Crippen MR) is 468 cm³/mol. The molecule has 736 valence electrons. The number of primary amides is 1. The number of hydrogen-bond donors (Lipinski definition) is 32. The molecule has 0 aliphatic heterocycles. The molecule has 3 rings (SSSR count). The lowest BCUT2D eigenvalue weighted by Gasteiger charge is -2.29. The van der Waals surface area contributed by atoms with Gasteiger partial charge in [0.05, 0.1) is 78.4 Å². The van der Waals surface area contributed by atoms with Gasteiger partial charge in [0.15, 0.2) is 0 Å². The molecule has 0 aliphatic carbocycles. The van der Waals surface area contributed by atoms with E-state index in [-0.39, 0.29) is 48.8 Å². The number of aromatic hydroxyl groups is 1. The van der Waals surface area contributed by atoms with Gasteiger partial charge in [-0.05, 0) is 47.4 Å². The topological polar surface area (TPSA) is 838 Å². The Balaban J connectivity index is 1.73. The van der Waals surface area contributed by atoms with Gasteiger partial charge in [-0.1, -0.05) is 90.4 Å². The van der Waals surface area contributed by atoms with E-state index in [1.54, 1.807) is 65.0 Å². The van der Waals surface area contributed by atoms with Crippen molar-refractivity contribution < 1.29 is 147 Å². The summed E-state index contributed by atoms with van der Waals surface area (Å²) in [5.74, 6) is -28.1. The number of phenols is 1. The Morgan fingerprint density at radius 3 is 1.16 bits per heavy atom. The minimum absolute atomic E-state index is 0.0869. The van der Waals surface area contributed by atoms with E-state index in [0.717, 1.165) is 0 Å². The number of amides is 19. The van der Waals surface area contributed by atoms with Crippen LogP contribution < -0.4 is 107 Å². The van der Waals surface area contributed by atoms with Gasteiger partial charge in [0.2, 0.25) is 112 Å². The Kier molecular flexibility index (Phi) is 50.1. The number of aromatic nitrogens is 2. The molecule has 54 heteroatoms. The monoisotopic (exact) mass is 1920 g/mol. The van der Waals surface area contributed by atoms with Gasteiger partial charge in [-0.2, -0.15) is 25.3 Å². The summed E-state index contributed by atoms with van der Waals surface area (Å²) in [5.41, 5.74) is 11.9. The molecule has 1 aromatic heterocycles. The third-order valence-electron chi connectivity index (χ3n) is 19.5. The molecule has 0 saturated carbocycles. The summed E-state index contributed by atoms with van der Waals surface area (Å²) in [7, 11) is 0. The van der Waals surface area contributed by atoms with Gasteiger partial charge in [-0.3, -0.25) is 95.9 Å². The smallest absolute Gasteiger partial charge is 0.328 e. The number of thiol groups is 2. The van der Waals surface area contributed by atoms with Gasteiger partial charge < -0.3 is 158 Å². The minimum atomic E-state index is -2.03. The normalized spacial score (nSPS) is 14.9. The molecule has 0 spiro atoms. The number of carbonyl (C=O) groups excluding carboxylic acids is 19. The van der Waals surface area contributed by atoms with Crippen LogP contribution in [0.4, 0.5) is 0 Å². The number of imidazole rings is 1. The van der Waals surface area contributed by atoms with Gasteiger partial charge >= 0.3 is 11.9 Å². The number of carboxylic acids is 2. The second-order valence-corrected chi connectivity index (χ2v) is 31.6. The highest BCUT2D eigenvalue weighted by Gasteiger charge is 2.40. The van der Waals surface area contributed by atoms with E-state index >= 15 is 0 Å². The highest BCUT2D eigenvalue weighted by atomic mass is 32.1. The maximum absolute atomic E-state index is 14.6. The second-order valence-electron chi connectivity index (χ2n) is 30.9. The van der Waals surface area contributed by atoms with E-state index in [1.165, 1.54) is 43.7 Å². The highest BCUT2D eigenvalue weighted by Crippen LogP contribution is 2.16. The summed E-state index contributed by atoms with van der Waals surface area (Å²) in [6.45, 7) is 0.0897. The number of H-pyrrole nitrogens is 1. The first-order valence-electron chi connectivity index (χ1n) is 41.3. The summed E-state index contributed by atoms with van der Waals surface area (Å²) in [6, 6.07) is -14.2. The van der Waals surface area contributed by atoms with Crippen molar-refractivity contribution >= 4 is 149 Å². The molecule has 32 N–H and O–H groups in total. The number of nitrogens with zero attached hydrogens (tertiary/aromatic N) is 1. The molecule has 133 heavy (non-hydrogen) atoms. The molecule has 3 aromatic rings. The van der Waals surface area contributed by atoms with Crippen molar-refractivity contribution in [3.63, 3.8) is 0 Å². The number of benzene rings is 2. The third kappa shape index (κ3) is 40.2. The number of aliphatic carboxylic acids is 2. The number of aromatic amines is 1. The van der Waals surface area contributed by atoms with Crippen molar-refractivity contribution in [1.29, 1.82) is 0 Å². The van der Waals surface area contributed by atoms with Crippen LogP contribution in [0.3, 0.4) is 0 Å². The number of nitrogens with two attached hydrogens (primary N) is 2. The summed E-state index contributed by atoms with van der Waals surface area (Å²) >= 11 is 8.16. The van der Waals surface area contributed by atoms with Gasteiger partial charge in [0.1, 0.15) is 102 Å². The van der Waals surface area contributed by atoms with E-state index in [9.17, 15) is 142 Å². The maximum atomic E-state index is 14.6. The van der Waals surface area contributed by atoms with Gasteiger partial charge in [0.25, 0.3) is 0 Å². The van der Waals surface area contributed by atoms with Crippen LogP contribution >= 0.6 is 25.3 Å². The van der Waals surface area contributed by atoms with Crippen LogP contribution in [-0.2, 0) is 120 Å². The quantitative estimate of drug-likeness (QED) is 0.0233. The van der Waals surface area contributed by atoms with Crippen LogP contribution in [-0.4, -0.2) is 348 Å². The first-order chi connectivity index (χ1) is 62.8. The Morgan fingerprint density at radius 1 is 0.383 bits per heavy atom. The molecule has 0 saturated heterocycles. The number of nitrogens with one attached hydrogen (secondary N) is 19. The molecule has 0 aliphatic rings. The van der Waals surface area contributed by atoms with E-state index in [1.807, 2.05) is 5.32 Å². The van der Waals surface area contributed by atoms with Crippen molar-refractivity contribution in [2.75, 3.05) is 70.8 Å². The zero-order chi connectivity index (χ0) is 100. The first kappa shape index (κ1) is 114. The molecule has 52 nitrogen and oxygen atoms in total. The zero-order valence-corrected chi connectivity index (χ0v) is 74.9. The Morgan fingerprint density at radius 2 is 0.729 bits per heavy atom. The zero-order valence-electron chi connectivity index (χ0n) is 73.1. The molecule has 0 unspecified atom stereocenters. The van der Waals surface area contributed by atoms with Gasteiger partial charge in [-0.15, -0.1) is 0 Å². The average Bonchev–Trinajstić information content (AvgIpc) is 1.48. The fourth-order valence-corrected chi connectivity index (χ4v) is 12.5. The fraction of sp³-hybridized carbons (Fsp3) is 0.544. The van der Waals surface area contributed by atoms with Gasteiger partial charge in [-0.25, -0.2) is 9.78 Å². The van der Waals surface area contributed by atoms with E-state index in [2.05, 4.69) is 126 Å². The lowest BCUT2D eigenvalue weighted by atomic mass is 9.96. The number of carbonyl (C=O) groups is 21. The SMILES string of the molecule is CC[C@H](C)[C@H](NC(=O)[C@H](Cc1ccccc1)NC(=O)[C@H](CO)NC(=O)[C@H](Cc1ccc(O)cc1)NC(=O)[C@@H](NC(=O)[C@H](CS)NC(=O)[C@@H](N)CO)C(C)C)C(=O)N[C@@H](CC(=O)O)C(=O)NCC(=O)N[C@@H](CO)C(=O)NCC(=O)N[C@@H](CS)C(=O)N[C@@H](CC(N)=O)C(=O)N[C@@H](CO)C(=O)N[C@@H](Cc1cnc[nH]1)C(=O)N[C@@H](CO)C(=O)N[C@@H](CC(C)C)C(=O)NCC(=O)N[C@@H](CO)C(=O)O. The number of carboxylic acid groups (broad SMARTS) is 2. The van der Waals surface area contributed by atoms with Crippen LogP contribution in [0, 0.1) is 17.8 Å². The predicted octanol–water partition coefficient (Wildman–Crippen LogP) is -13.9. The van der Waals surface area contributed by atoms with Crippen molar-refractivity contribution in [3.8, 4) is 5.75 Å². The van der Waals surface area contributed by atoms with Crippen LogP contribution in [0.2, 0.25) is 0 Å². The minimum Gasteiger partial charge on any atom is -0.508 e. The number of phenolic OH excluding ortho intramolecular Hbond substituents is 1. The van der Waals surface area contributed by atoms with Crippen LogP contribution in [0.5, 0.6) is 5.75 Å². The number of aliphatic hydroxyl groups excluding tert-OH is 6. The summed E-state index contributed by atoms with van der Waals surface area (Å²) in [6.07, 6.45) is -0.874. The molecule has 0 radical (unpaired) electrons. The summed E-state index contributed by atoms with van der Waals surface area (Å²) < 4.78 is 0. The first-order valence-corrected chi connectivity index (χ1v) is 42.6. The van der Waals surface area contributed by atoms with Crippen LogP contribution in [0.1, 0.15) is 84.0 Å². The molecule has 19 amide bonds. The number of rotatable bonds is 60. The van der Waals surface area contributed by atoms with E-state index in [0.29, 0.717) is 11.1 Å². The third-order valence-corrected chi connectivity index (χ3v) is 20.2. The van der Waals surface area contributed by atoms with E-state index in [4.69, 9.17) is 16.6 Å². The molecular weight excluding hydrogens is 1800 g/mol. The highest BCUT2D eigenvalue weighted by molar-refractivity contribution is 7.80. The lowest BCUT2D eigenvalue weighted by molar-refractivity contribution is -0.143.